The molecule has 0 spiro atoms. The Labute approximate surface area is 107 Å². The maximum absolute atomic E-state index is 8.60. The molecule has 1 aliphatic carbocycles. The van der Waals surface area contributed by atoms with Gasteiger partial charge in [0.15, 0.2) is 0 Å². The Morgan fingerprint density at radius 1 is 1.67 bits per heavy atom. The topological polar surface area (TPSA) is 83.8 Å². The summed E-state index contributed by atoms with van der Waals surface area (Å²) in [6.07, 6.45) is 5.53. The number of nitrogens with one attached hydrogen (secondary N) is 1. The van der Waals surface area contributed by atoms with E-state index in [0.29, 0.717) is 18.3 Å². The summed E-state index contributed by atoms with van der Waals surface area (Å²) < 4.78 is 5.32. The van der Waals surface area contributed by atoms with Crippen molar-refractivity contribution in [1.82, 2.24) is 5.32 Å². The molecule has 1 fully saturated rings. The molecule has 1 saturated carbocycles. The standard InChI is InChI=1S/C13H21N3O2/c1-10(7-11-3-2-6-18-11)15-9-13(4-5-13)8-12(14)16-17/h2-3,6,10,15,17H,4-5,7-9H2,1H3,(H2,14,16). The van der Waals surface area contributed by atoms with Crippen molar-refractivity contribution in [3.8, 4) is 0 Å². The molecule has 0 saturated heterocycles. The highest BCUT2D eigenvalue weighted by molar-refractivity contribution is 5.80. The molecule has 18 heavy (non-hydrogen) atoms. The van der Waals surface area contributed by atoms with Crippen molar-refractivity contribution in [1.29, 1.82) is 0 Å². The second kappa shape index (κ2) is 5.44. The van der Waals surface area contributed by atoms with Crippen molar-refractivity contribution in [3.05, 3.63) is 24.2 Å². The van der Waals surface area contributed by atoms with Crippen LogP contribution in [0.5, 0.6) is 0 Å². The highest BCUT2D eigenvalue weighted by Crippen LogP contribution is 2.48. The maximum atomic E-state index is 8.60. The summed E-state index contributed by atoms with van der Waals surface area (Å²) in [6.45, 7) is 3.05. The maximum Gasteiger partial charge on any atom is 0.139 e. The minimum atomic E-state index is 0.202. The van der Waals surface area contributed by atoms with Crippen LogP contribution in [0.3, 0.4) is 0 Å². The molecule has 1 atom stereocenters. The summed E-state index contributed by atoms with van der Waals surface area (Å²) in [4.78, 5) is 0. The van der Waals surface area contributed by atoms with Gasteiger partial charge < -0.3 is 20.7 Å². The summed E-state index contributed by atoms with van der Waals surface area (Å²) in [5, 5.41) is 15.2. The van der Waals surface area contributed by atoms with Crippen molar-refractivity contribution in [2.24, 2.45) is 16.3 Å². The molecule has 0 aliphatic heterocycles. The van der Waals surface area contributed by atoms with Crippen molar-refractivity contribution < 1.29 is 9.62 Å². The van der Waals surface area contributed by atoms with E-state index in [9.17, 15) is 0 Å². The summed E-state index contributed by atoms with van der Waals surface area (Å²) in [7, 11) is 0. The largest absolute Gasteiger partial charge is 0.469 e. The van der Waals surface area contributed by atoms with Crippen molar-refractivity contribution in [3.63, 3.8) is 0 Å². The van der Waals surface area contributed by atoms with E-state index in [1.54, 1.807) is 6.26 Å². The average Bonchev–Trinajstić information content (AvgIpc) is 2.92. The lowest BCUT2D eigenvalue weighted by molar-refractivity contribution is 0.313. The number of nitrogens with two attached hydrogens (primary N) is 1. The van der Waals surface area contributed by atoms with Crippen LogP contribution in [-0.4, -0.2) is 23.6 Å². The van der Waals surface area contributed by atoms with Gasteiger partial charge >= 0.3 is 0 Å². The third-order valence-electron chi connectivity index (χ3n) is 3.55. The molecule has 4 N–H and O–H groups in total. The van der Waals surface area contributed by atoms with Crippen LogP contribution in [0.25, 0.3) is 0 Å². The first kappa shape index (κ1) is 13.0. The lowest BCUT2D eigenvalue weighted by Gasteiger charge is -2.19. The van der Waals surface area contributed by atoms with Gasteiger partial charge in [0.05, 0.1) is 6.26 Å². The van der Waals surface area contributed by atoms with Crippen LogP contribution in [0, 0.1) is 5.41 Å². The van der Waals surface area contributed by atoms with Gasteiger partial charge in [0.25, 0.3) is 0 Å². The normalized spacial score (nSPS) is 19.7. The predicted molar refractivity (Wildman–Crippen MR) is 69.6 cm³/mol. The Balaban J connectivity index is 1.74. The number of hydrogen-bond acceptors (Lipinski definition) is 4. The number of furan rings is 1. The Morgan fingerprint density at radius 2 is 2.44 bits per heavy atom. The summed E-state index contributed by atoms with van der Waals surface area (Å²) in [5.41, 5.74) is 5.77. The van der Waals surface area contributed by atoms with Crippen LogP contribution in [0.4, 0.5) is 0 Å². The monoisotopic (exact) mass is 251 g/mol. The van der Waals surface area contributed by atoms with Gasteiger partial charge in [-0.1, -0.05) is 5.16 Å². The van der Waals surface area contributed by atoms with Gasteiger partial charge in [0, 0.05) is 25.4 Å². The van der Waals surface area contributed by atoms with Crippen molar-refractivity contribution in [2.45, 2.75) is 38.6 Å². The zero-order valence-corrected chi connectivity index (χ0v) is 10.7. The molecule has 0 bridgehead atoms. The molecule has 5 nitrogen and oxygen atoms in total. The number of amidine groups is 1. The number of nitrogens with zero attached hydrogens (tertiary/aromatic N) is 1. The van der Waals surface area contributed by atoms with Gasteiger partial charge in [-0.3, -0.25) is 0 Å². The van der Waals surface area contributed by atoms with Gasteiger partial charge in [-0.05, 0) is 37.3 Å². The van der Waals surface area contributed by atoms with Gasteiger partial charge in [-0.15, -0.1) is 0 Å². The zero-order chi connectivity index (χ0) is 13.0. The molecule has 0 radical (unpaired) electrons. The first-order valence-corrected chi connectivity index (χ1v) is 6.36. The van der Waals surface area contributed by atoms with Crippen molar-refractivity contribution >= 4 is 5.84 Å². The molecule has 1 aromatic heterocycles. The molecular formula is C13H21N3O2. The van der Waals surface area contributed by atoms with E-state index in [4.69, 9.17) is 15.4 Å². The van der Waals surface area contributed by atoms with Crippen LogP contribution in [0.15, 0.2) is 28.0 Å². The zero-order valence-electron chi connectivity index (χ0n) is 10.7. The summed E-state index contributed by atoms with van der Waals surface area (Å²) in [6, 6.07) is 4.26. The lowest BCUT2D eigenvalue weighted by Crippen LogP contribution is -2.35. The molecule has 5 heteroatoms. The number of hydrogen-bond donors (Lipinski definition) is 3. The molecule has 2 rings (SSSR count). The predicted octanol–water partition coefficient (Wildman–Crippen LogP) is 1.72. The smallest absolute Gasteiger partial charge is 0.139 e. The van der Waals surface area contributed by atoms with Crippen LogP contribution < -0.4 is 11.1 Å². The highest BCUT2D eigenvalue weighted by atomic mass is 16.4. The molecule has 1 unspecified atom stereocenters. The Bertz CT molecular complexity index is 396. The van der Waals surface area contributed by atoms with Crippen molar-refractivity contribution in [2.75, 3.05) is 6.54 Å². The van der Waals surface area contributed by atoms with E-state index in [2.05, 4.69) is 17.4 Å². The second-order valence-electron chi connectivity index (χ2n) is 5.33. The first-order chi connectivity index (χ1) is 8.63. The first-order valence-electron chi connectivity index (χ1n) is 6.36. The molecular weight excluding hydrogens is 230 g/mol. The lowest BCUT2D eigenvalue weighted by atomic mass is 10.0. The van der Waals surface area contributed by atoms with E-state index in [-0.39, 0.29) is 5.41 Å². The van der Waals surface area contributed by atoms with E-state index in [1.165, 1.54) is 0 Å². The third kappa shape index (κ3) is 3.50. The van der Waals surface area contributed by atoms with E-state index in [1.807, 2.05) is 12.1 Å². The fourth-order valence-electron chi connectivity index (χ4n) is 2.21. The van der Waals surface area contributed by atoms with E-state index in [0.717, 1.165) is 31.6 Å². The quantitative estimate of drug-likeness (QED) is 0.298. The number of oxime groups is 1. The van der Waals surface area contributed by atoms with Crippen LogP contribution in [-0.2, 0) is 6.42 Å². The minimum Gasteiger partial charge on any atom is -0.469 e. The Hall–Kier alpha value is -1.49. The Kier molecular flexibility index (Phi) is 3.91. The van der Waals surface area contributed by atoms with E-state index < -0.39 is 0 Å². The van der Waals surface area contributed by atoms with Crippen LogP contribution in [0.1, 0.15) is 31.9 Å². The van der Waals surface area contributed by atoms with Gasteiger partial charge in [0.1, 0.15) is 11.6 Å². The van der Waals surface area contributed by atoms with Gasteiger partial charge in [-0.25, -0.2) is 0 Å². The van der Waals surface area contributed by atoms with Crippen LogP contribution in [0.2, 0.25) is 0 Å². The fourth-order valence-corrected chi connectivity index (χ4v) is 2.21. The number of rotatable bonds is 7. The molecule has 1 heterocycles. The van der Waals surface area contributed by atoms with Gasteiger partial charge in [0.2, 0.25) is 0 Å². The average molecular weight is 251 g/mol. The minimum absolute atomic E-state index is 0.202. The third-order valence-corrected chi connectivity index (χ3v) is 3.55. The molecule has 0 amide bonds. The molecule has 1 aromatic rings. The second-order valence-corrected chi connectivity index (χ2v) is 5.33. The SMILES string of the molecule is CC(Cc1ccco1)NCC1(CC(N)=NO)CC1. The fraction of sp³-hybridized carbons (Fsp3) is 0.615. The van der Waals surface area contributed by atoms with Crippen LogP contribution >= 0.6 is 0 Å². The molecule has 1 aliphatic rings. The summed E-state index contributed by atoms with van der Waals surface area (Å²) >= 11 is 0. The molecule has 0 aromatic carbocycles. The van der Waals surface area contributed by atoms with Gasteiger partial charge in [-0.2, -0.15) is 0 Å². The highest BCUT2D eigenvalue weighted by Gasteiger charge is 2.43. The van der Waals surface area contributed by atoms with E-state index >= 15 is 0 Å². The molecule has 100 valence electrons. The Morgan fingerprint density at radius 3 is 3.00 bits per heavy atom. The summed E-state index contributed by atoms with van der Waals surface area (Å²) in [5.74, 6) is 1.32.